The molecular formula is C23H19N3O. The van der Waals surface area contributed by atoms with Gasteiger partial charge < -0.3 is 9.30 Å². The first kappa shape index (κ1) is 15.8. The molecule has 1 aliphatic rings. The molecule has 1 aliphatic heterocycles. The molecule has 4 nitrogen and oxygen atoms in total. The number of hydrogen-bond donors (Lipinski definition) is 0. The van der Waals surface area contributed by atoms with Crippen LogP contribution in [0.3, 0.4) is 0 Å². The Hall–Kier alpha value is -3.40. The summed E-state index contributed by atoms with van der Waals surface area (Å²) in [7, 11) is 0. The summed E-state index contributed by atoms with van der Waals surface area (Å²) in [6, 6.07) is 24.3. The predicted molar refractivity (Wildman–Crippen MR) is 105 cm³/mol. The topological polar surface area (TPSA) is 37.6 Å². The molecule has 2 aromatic carbocycles. The summed E-state index contributed by atoms with van der Waals surface area (Å²) in [5.74, 6) is 0.0759. The molecule has 0 aliphatic carbocycles. The Morgan fingerprint density at radius 3 is 2.33 bits per heavy atom. The SMILES string of the molecule is O=C(c1ccc2nc(-c3ccccc3)cn2c1)N1CC[C@@H]1c1ccccc1. The van der Waals surface area contributed by atoms with Crippen molar-refractivity contribution in [1.29, 1.82) is 0 Å². The van der Waals surface area contributed by atoms with Gasteiger partial charge in [0.15, 0.2) is 0 Å². The summed E-state index contributed by atoms with van der Waals surface area (Å²) in [5, 5.41) is 0. The Balaban J connectivity index is 1.44. The van der Waals surface area contributed by atoms with Crippen LogP contribution in [0, 0.1) is 0 Å². The van der Waals surface area contributed by atoms with Crippen molar-refractivity contribution in [2.45, 2.75) is 12.5 Å². The molecule has 0 spiro atoms. The van der Waals surface area contributed by atoms with E-state index in [2.05, 4.69) is 17.1 Å². The van der Waals surface area contributed by atoms with Crippen molar-refractivity contribution in [3.05, 3.63) is 96.3 Å². The van der Waals surface area contributed by atoms with Crippen LogP contribution in [-0.4, -0.2) is 26.7 Å². The lowest BCUT2D eigenvalue weighted by molar-refractivity contribution is 0.0460. The molecule has 1 saturated heterocycles. The Kier molecular flexibility index (Phi) is 3.75. The molecule has 1 amide bonds. The normalized spacial score (nSPS) is 16.3. The van der Waals surface area contributed by atoms with Crippen LogP contribution in [-0.2, 0) is 0 Å². The molecule has 4 heteroatoms. The number of imidazole rings is 1. The van der Waals surface area contributed by atoms with Crippen LogP contribution in [0.5, 0.6) is 0 Å². The molecule has 0 unspecified atom stereocenters. The van der Waals surface area contributed by atoms with Crippen LogP contribution in [0.4, 0.5) is 0 Å². The molecule has 0 bridgehead atoms. The van der Waals surface area contributed by atoms with E-state index in [0.29, 0.717) is 5.56 Å². The third-order valence-corrected chi connectivity index (χ3v) is 5.23. The highest BCUT2D eigenvalue weighted by atomic mass is 16.2. The van der Waals surface area contributed by atoms with E-state index in [1.165, 1.54) is 5.56 Å². The maximum Gasteiger partial charge on any atom is 0.255 e. The van der Waals surface area contributed by atoms with E-state index in [9.17, 15) is 4.79 Å². The van der Waals surface area contributed by atoms with Gasteiger partial charge >= 0.3 is 0 Å². The molecule has 132 valence electrons. The van der Waals surface area contributed by atoms with Crippen LogP contribution in [0.15, 0.2) is 85.2 Å². The number of carbonyl (C=O) groups excluding carboxylic acids is 1. The molecular weight excluding hydrogens is 334 g/mol. The molecule has 1 atom stereocenters. The monoisotopic (exact) mass is 353 g/mol. The predicted octanol–water partition coefficient (Wildman–Crippen LogP) is 4.59. The summed E-state index contributed by atoms with van der Waals surface area (Å²) < 4.78 is 1.94. The number of aromatic nitrogens is 2. The molecule has 27 heavy (non-hydrogen) atoms. The van der Waals surface area contributed by atoms with Gasteiger partial charge in [-0.05, 0) is 24.1 Å². The molecule has 5 rings (SSSR count). The number of amides is 1. The lowest BCUT2D eigenvalue weighted by Gasteiger charge is -2.41. The first-order valence-corrected chi connectivity index (χ1v) is 9.20. The van der Waals surface area contributed by atoms with E-state index in [0.717, 1.165) is 29.9 Å². The summed E-state index contributed by atoms with van der Waals surface area (Å²) in [4.78, 5) is 19.6. The minimum absolute atomic E-state index is 0.0759. The van der Waals surface area contributed by atoms with Crippen LogP contribution in [0.2, 0.25) is 0 Å². The van der Waals surface area contributed by atoms with Gasteiger partial charge in [0.2, 0.25) is 0 Å². The molecule has 0 radical (unpaired) electrons. The largest absolute Gasteiger partial charge is 0.331 e. The Labute approximate surface area is 157 Å². The molecule has 0 N–H and O–H groups in total. The van der Waals surface area contributed by atoms with Crippen molar-refractivity contribution >= 4 is 11.6 Å². The molecule has 0 saturated carbocycles. The average molecular weight is 353 g/mol. The number of benzene rings is 2. The van der Waals surface area contributed by atoms with E-state index < -0.39 is 0 Å². The molecule has 2 aromatic heterocycles. The minimum Gasteiger partial charge on any atom is -0.331 e. The lowest BCUT2D eigenvalue weighted by atomic mass is 9.94. The third kappa shape index (κ3) is 2.79. The fourth-order valence-electron chi connectivity index (χ4n) is 3.68. The third-order valence-electron chi connectivity index (χ3n) is 5.23. The Morgan fingerprint density at radius 1 is 0.889 bits per heavy atom. The quantitative estimate of drug-likeness (QED) is 0.540. The summed E-state index contributed by atoms with van der Waals surface area (Å²) in [6.45, 7) is 0.801. The maximum absolute atomic E-state index is 13.0. The fourth-order valence-corrected chi connectivity index (χ4v) is 3.68. The van der Waals surface area contributed by atoms with E-state index in [1.54, 1.807) is 0 Å². The van der Waals surface area contributed by atoms with Gasteiger partial charge in [-0.25, -0.2) is 4.98 Å². The number of rotatable bonds is 3. The van der Waals surface area contributed by atoms with Gasteiger partial charge in [-0.15, -0.1) is 0 Å². The van der Waals surface area contributed by atoms with Gasteiger partial charge in [-0.2, -0.15) is 0 Å². The summed E-state index contributed by atoms with van der Waals surface area (Å²) >= 11 is 0. The van der Waals surface area contributed by atoms with Gasteiger partial charge in [0.1, 0.15) is 5.65 Å². The smallest absolute Gasteiger partial charge is 0.255 e. The molecule has 4 aromatic rings. The first-order valence-electron chi connectivity index (χ1n) is 9.20. The number of nitrogens with zero attached hydrogens (tertiary/aromatic N) is 3. The highest BCUT2D eigenvalue weighted by Gasteiger charge is 2.33. The van der Waals surface area contributed by atoms with E-state index in [-0.39, 0.29) is 11.9 Å². The highest BCUT2D eigenvalue weighted by Crippen LogP contribution is 2.34. The molecule has 1 fully saturated rings. The minimum atomic E-state index is 0.0759. The standard InChI is InChI=1S/C23H19N3O/c27-23(26-14-13-21(26)18-9-5-2-6-10-18)19-11-12-22-24-20(16-25(22)15-19)17-7-3-1-4-8-17/h1-12,15-16,21H,13-14H2/t21-/m1/s1. The molecule has 3 heterocycles. The van der Waals surface area contributed by atoms with Gasteiger partial charge in [0.05, 0.1) is 17.3 Å². The van der Waals surface area contributed by atoms with Gasteiger partial charge in [-0.3, -0.25) is 4.79 Å². The van der Waals surface area contributed by atoms with Crippen molar-refractivity contribution in [3.8, 4) is 11.3 Å². The Bertz CT molecular complexity index is 1100. The van der Waals surface area contributed by atoms with Crippen molar-refractivity contribution < 1.29 is 4.79 Å². The lowest BCUT2D eigenvalue weighted by Crippen LogP contribution is -2.45. The van der Waals surface area contributed by atoms with Crippen molar-refractivity contribution in [1.82, 2.24) is 14.3 Å². The maximum atomic E-state index is 13.0. The van der Waals surface area contributed by atoms with Crippen molar-refractivity contribution in [2.24, 2.45) is 0 Å². The zero-order valence-corrected chi connectivity index (χ0v) is 14.8. The van der Waals surface area contributed by atoms with Crippen LogP contribution in [0.25, 0.3) is 16.9 Å². The van der Waals surface area contributed by atoms with E-state index >= 15 is 0 Å². The first-order chi connectivity index (χ1) is 13.3. The zero-order valence-electron chi connectivity index (χ0n) is 14.8. The second kappa shape index (κ2) is 6.40. The fraction of sp³-hybridized carbons (Fsp3) is 0.130. The van der Waals surface area contributed by atoms with Crippen LogP contribution >= 0.6 is 0 Å². The van der Waals surface area contributed by atoms with Crippen LogP contribution in [0.1, 0.15) is 28.4 Å². The number of pyridine rings is 1. The number of fused-ring (bicyclic) bond motifs is 1. The van der Waals surface area contributed by atoms with E-state index in [4.69, 9.17) is 0 Å². The summed E-state index contributed by atoms with van der Waals surface area (Å²) in [6.07, 6.45) is 4.88. The number of hydrogen-bond acceptors (Lipinski definition) is 2. The summed E-state index contributed by atoms with van der Waals surface area (Å²) in [5.41, 5.74) is 4.72. The number of carbonyl (C=O) groups is 1. The second-order valence-corrected chi connectivity index (χ2v) is 6.89. The van der Waals surface area contributed by atoms with Crippen LogP contribution < -0.4 is 0 Å². The highest BCUT2D eigenvalue weighted by molar-refractivity contribution is 5.95. The van der Waals surface area contributed by atoms with Gasteiger partial charge in [0, 0.05) is 24.5 Å². The van der Waals surface area contributed by atoms with Crippen molar-refractivity contribution in [2.75, 3.05) is 6.54 Å². The zero-order chi connectivity index (χ0) is 18.2. The Morgan fingerprint density at radius 2 is 1.63 bits per heavy atom. The average Bonchev–Trinajstić information content (AvgIpc) is 3.12. The van der Waals surface area contributed by atoms with Gasteiger partial charge in [0.25, 0.3) is 5.91 Å². The van der Waals surface area contributed by atoms with E-state index in [1.807, 2.05) is 82.4 Å². The van der Waals surface area contributed by atoms with Gasteiger partial charge in [-0.1, -0.05) is 60.7 Å². The van der Waals surface area contributed by atoms with Crippen molar-refractivity contribution in [3.63, 3.8) is 0 Å². The second-order valence-electron chi connectivity index (χ2n) is 6.89. The number of likely N-dealkylation sites (tertiary alicyclic amines) is 1.